The van der Waals surface area contributed by atoms with Gasteiger partial charge >= 0.3 is 5.91 Å². The fraction of sp³-hybridized carbons (Fsp3) is 0.160. The van der Waals surface area contributed by atoms with E-state index in [-0.39, 0.29) is 11.7 Å². The van der Waals surface area contributed by atoms with Crippen molar-refractivity contribution in [3.05, 3.63) is 89.0 Å². The second-order valence-electron chi connectivity index (χ2n) is 7.55. The molecule has 0 aliphatic carbocycles. The first-order valence-corrected chi connectivity index (χ1v) is 10.7. The molecule has 3 heterocycles. The van der Waals surface area contributed by atoms with Gasteiger partial charge in [0.2, 0.25) is 0 Å². The molecule has 0 spiro atoms. The van der Waals surface area contributed by atoms with Gasteiger partial charge in [0.1, 0.15) is 16.7 Å². The Hall–Kier alpha value is -3.84. The number of hydrazone groups is 1. The van der Waals surface area contributed by atoms with Crippen LogP contribution in [0, 0.1) is 0 Å². The van der Waals surface area contributed by atoms with Crippen LogP contribution in [0.15, 0.2) is 76.4 Å². The number of pyridine rings is 1. The highest BCUT2D eigenvalue weighted by molar-refractivity contribution is 6.30. The van der Waals surface area contributed by atoms with Crippen molar-refractivity contribution in [3.8, 4) is 11.5 Å². The van der Waals surface area contributed by atoms with Gasteiger partial charge in [-0.3, -0.25) is 4.79 Å². The zero-order valence-corrected chi connectivity index (χ0v) is 18.7. The maximum absolute atomic E-state index is 13.3. The number of rotatable bonds is 5. The summed E-state index contributed by atoms with van der Waals surface area (Å²) in [6.45, 7) is 0. The standard InChI is InChI=1S/C25H20ClN3O4/c1-31-17-8-5-15(6-9-17)21-14-22(29(28-21)25(30)23-4-3-11-33-23)19-12-16-7-10-18(32-2)13-20(16)27-24(19)26/h3-13,22H,14H2,1-2H3. The second kappa shape index (κ2) is 8.60. The van der Waals surface area contributed by atoms with Crippen LogP contribution in [-0.2, 0) is 0 Å². The third-order valence-corrected chi connectivity index (χ3v) is 5.94. The number of hydrogen-bond donors (Lipinski definition) is 0. The van der Waals surface area contributed by atoms with Gasteiger partial charge in [-0.2, -0.15) is 5.10 Å². The number of carbonyl (C=O) groups is 1. The van der Waals surface area contributed by atoms with Crippen molar-refractivity contribution in [2.45, 2.75) is 12.5 Å². The minimum absolute atomic E-state index is 0.203. The van der Waals surface area contributed by atoms with Crippen molar-refractivity contribution in [2.75, 3.05) is 14.2 Å². The number of nitrogens with zero attached hydrogens (tertiary/aromatic N) is 3. The van der Waals surface area contributed by atoms with Crippen LogP contribution in [0.4, 0.5) is 0 Å². The summed E-state index contributed by atoms with van der Waals surface area (Å²) in [7, 11) is 3.22. The number of ether oxygens (including phenoxy) is 2. The van der Waals surface area contributed by atoms with Crippen molar-refractivity contribution in [3.63, 3.8) is 0 Å². The van der Waals surface area contributed by atoms with Gasteiger partial charge in [-0.05, 0) is 60.2 Å². The summed E-state index contributed by atoms with van der Waals surface area (Å²) >= 11 is 6.63. The van der Waals surface area contributed by atoms with Crippen molar-refractivity contribution < 1.29 is 18.7 Å². The van der Waals surface area contributed by atoms with E-state index in [1.165, 1.54) is 11.3 Å². The smallest absolute Gasteiger partial charge is 0.310 e. The van der Waals surface area contributed by atoms with Gasteiger partial charge in [-0.1, -0.05) is 11.6 Å². The van der Waals surface area contributed by atoms with Gasteiger partial charge in [0.25, 0.3) is 0 Å². The summed E-state index contributed by atoms with van der Waals surface area (Å²) in [6, 6.07) is 18.0. The lowest BCUT2D eigenvalue weighted by molar-refractivity contribution is 0.0678. The molecule has 1 atom stereocenters. The maximum Gasteiger partial charge on any atom is 0.310 e. The molecule has 1 aliphatic heterocycles. The maximum atomic E-state index is 13.3. The highest BCUT2D eigenvalue weighted by Gasteiger charge is 2.36. The molecule has 0 saturated heterocycles. The second-order valence-corrected chi connectivity index (χ2v) is 7.91. The fourth-order valence-electron chi connectivity index (χ4n) is 3.91. The average molecular weight is 462 g/mol. The van der Waals surface area contributed by atoms with Crippen LogP contribution in [0.25, 0.3) is 10.9 Å². The van der Waals surface area contributed by atoms with E-state index in [1.807, 2.05) is 48.5 Å². The molecule has 2 aromatic heterocycles. The summed E-state index contributed by atoms with van der Waals surface area (Å²) in [5.41, 5.74) is 3.07. The largest absolute Gasteiger partial charge is 0.497 e. The van der Waals surface area contributed by atoms with Gasteiger partial charge in [-0.25, -0.2) is 9.99 Å². The lowest BCUT2D eigenvalue weighted by Gasteiger charge is -2.22. The fourth-order valence-corrected chi connectivity index (χ4v) is 4.18. The number of fused-ring (bicyclic) bond motifs is 1. The number of benzene rings is 2. The van der Waals surface area contributed by atoms with Crippen LogP contribution in [0.3, 0.4) is 0 Å². The summed E-state index contributed by atoms with van der Waals surface area (Å²) in [4.78, 5) is 17.8. The van der Waals surface area contributed by atoms with Gasteiger partial charge in [-0.15, -0.1) is 0 Å². The Bertz CT molecular complexity index is 1350. The van der Waals surface area contributed by atoms with Gasteiger partial charge < -0.3 is 13.9 Å². The lowest BCUT2D eigenvalue weighted by Crippen LogP contribution is -2.27. The van der Waals surface area contributed by atoms with Crippen LogP contribution < -0.4 is 9.47 Å². The Kier molecular flexibility index (Phi) is 5.48. The summed E-state index contributed by atoms with van der Waals surface area (Å²) in [5.74, 6) is 1.29. The molecule has 0 saturated carbocycles. The molecule has 0 radical (unpaired) electrons. The zero-order valence-electron chi connectivity index (χ0n) is 18.0. The molecule has 4 aromatic rings. The topological polar surface area (TPSA) is 77.2 Å². The number of carbonyl (C=O) groups excluding carboxylic acids is 1. The van der Waals surface area contributed by atoms with E-state index >= 15 is 0 Å². The predicted molar refractivity (Wildman–Crippen MR) is 125 cm³/mol. The van der Waals surface area contributed by atoms with E-state index in [0.29, 0.717) is 28.4 Å². The van der Waals surface area contributed by atoms with Crippen LogP contribution in [0.5, 0.6) is 11.5 Å². The summed E-state index contributed by atoms with van der Waals surface area (Å²) < 4.78 is 15.9. The molecule has 7 nitrogen and oxygen atoms in total. The SMILES string of the molecule is COc1ccc(C2=NN(C(=O)c3ccco3)C(c3cc4ccc(OC)cc4nc3Cl)C2)cc1. The van der Waals surface area contributed by atoms with E-state index < -0.39 is 6.04 Å². The number of halogens is 1. The van der Waals surface area contributed by atoms with Crippen molar-refractivity contribution >= 4 is 34.1 Å². The number of hydrogen-bond acceptors (Lipinski definition) is 6. The Balaban J connectivity index is 1.57. The van der Waals surface area contributed by atoms with Crippen molar-refractivity contribution in [1.82, 2.24) is 9.99 Å². The highest BCUT2D eigenvalue weighted by Crippen LogP contribution is 2.38. The van der Waals surface area contributed by atoms with Crippen LogP contribution >= 0.6 is 11.6 Å². The van der Waals surface area contributed by atoms with Crippen LogP contribution in [0.1, 0.15) is 34.1 Å². The highest BCUT2D eigenvalue weighted by atomic mass is 35.5. The minimum atomic E-state index is -0.439. The van der Waals surface area contributed by atoms with Gasteiger partial charge in [0.15, 0.2) is 5.76 Å². The molecular formula is C25H20ClN3O4. The normalized spacial score (nSPS) is 15.5. The Labute approximate surface area is 195 Å². The Morgan fingerprint density at radius 3 is 2.52 bits per heavy atom. The first-order valence-electron chi connectivity index (χ1n) is 10.3. The molecule has 1 amide bonds. The Morgan fingerprint density at radius 1 is 1.06 bits per heavy atom. The summed E-state index contributed by atoms with van der Waals surface area (Å²) in [6.07, 6.45) is 1.94. The summed E-state index contributed by atoms with van der Waals surface area (Å²) in [5, 5.41) is 7.29. The van der Waals surface area contributed by atoms with Crippen LogP contribution in [0.2, 0.25) is 5.15 Å². The molecular weight excluding hydrogens is 442 g/mol. The van der Waals surface area contributed by atoms with Crippen molar-refractivity contribution in [1.29, 1.82) is 0 Å². The minimum Gasteiger partial charge on any atom is -0.497 e. The number of amides is 1. The molecule has 166 valence electrons. The van der Waals surface area contributed by atoms with Crippen molar-refractivity contribution in [2.24, 2.45) is 5.10 Å². The molecule has 0 bridgehead atoms. The third-order valence-electron chi connectivity index (χ3n) is 5.64. The molecule has 0 N–H and O–H groups in total. The molecule has 1 unspecified atom stereocenters. The lowest BCUT2D eigenvalue weighted by atomic mass is 9.98. The number of furan rings is 1. The average Bonchev–Trinajstić information content (AvgIpc) is 3.54. The van der Waals surface area contributed by atoms with E-state index in [1.54, 1.807) is 26.4 Å². The number of aromatic nitrogens is 1. The molecule has 1 aliphatic rings. The van der Waals surface area contributed by atoms with E-state index in [2.05, 4.69) is 10.1 Å². The van der Waals surface area contributed by atoms with Gasteiger partial charge in [0, 0.05) is 23.4 Å². The third kappa shape index (κ3) is 3.91. The molecule has 8 heteroatoms. The van der Waals surface area contributed by atoms with E-state index in [9.17, 15) is 4.79 Å². The molecule has 2 aromatic carbocycles. The van der Waals surface area contributed by atoms with Gasteiger partial charge in [0.05, 0.1) is 37.8 Å². The Morgan fingerprint density at radius 2 is 1.82 bits per heavy atom. The first kappa shape index (κ1) is 21.0. The quantitative estimate of drug-likeness (QED) is 0.367. The predicted octanol–water partition coefficient (Wildman–Crippen LogP) is 5.49. The zero-order chi connectivity index (χ0) is 22.9. The molecule has 33 heavy (non-hydrogen) atoms. The van der Waals surface area contributed by atoms with E-state index in [0.717, 1.165) is 22.4 Å². The monoisotopic (exact) mass is 461 g/mol. The van der Waals surface area contributed by atoms with E-state index in [4.69, 9.17) is 25.5 Å². The molecule has 5 rings (SSSR count). The number of methoxy groups -OCH3 is 2. The first-order chi connectivity index (χ1) is 16.1. The van der Waals surface area contributed by atoms with Crippen LogP contribution in [-0.4, -0.2) is 35.8 Å². The molecule has 0 fully saturated rings.